The maximum Gasteiger partial charge on any atom is 0.348 e. The summed E-state index contributed by atoms with van der Waals surface area (Å²) in [5, 5.41) is 15.4. The molecule has 0 aliphatic carbocycles. The number of rotatable bonds is 12. The average Bonchev–Trinajstić information content (AvgIpc) is 3.33. The molecule has 4 rings (SSSR count). The van der Waals surface area contributed by atoms with E-state index in [9.17, 15) is 9.59 Å². The average molecular weight is 575 g/mol. The van der Waals surface area contributed by atoms with Crippen molar-refractivity contribution in [3.63, 3.8) is 0 Å². The fourth-order valence-electron chi connectivity index (χ4n) is 4.65. The van der Waals surface area contributed by atoms with Crippen molar-refractivity contribution in [2.45, 2.75) is 32.4 Å². The standard InChI is InChI=1S/C30H35FN8O3/c1-5-18-14-22(25(31)24(15-18)42-17(2)16-38(3)4)26(35-20-12-10-19(11-13-20)27(32)33)29-36-30(41)39(37-29)23-9-7-6-8-21(23)28(34)40/h6-15,17,26,35H,5,16H2,1-4H3,(H3,32,33)(H2,34,40)(H,36,37,41). The number of nitrogens with zero attached hydrogens (tertiary/aromatic N) is 3. The number of anilines is 1. The summed E-state index contributed by atoms with van der Waals surface area (Å²) < 4.78 is 23.3. The van der Waals surface area contributed by atoms with Gasteiger partial charge < -0.3 is 26.4 Å². The molecule has 220 valence electrons. The lowest BCUT2D eigenvalue weighted by Gasteiger charge is -2.23. The summed E-state index contributed by atoms with van der Waals surface area (Å²) in [6.07, 6.45) is 0.298. The number of aromatic amines is 1. The van der Waals surface area contributed by atoms with Gasteiger partial charge in [0.05, 0.1) is 11.3 Å². The van der Waals surface area contributed by atoms with Gasteiger partial charge in [-0.2, -0.15) is 4.68 Å². The quantitative estimate of drug-likeness (QED) is 0.128. The predicted molar refractivity (Wildman–Crippen MR) is 160 cm³/mol. The van der Waals surface area contributed by atoms with E-state index in [1.54, 1.807) is 54.6 Å². The number of aromatic nitrogens is 3. The molecule has 7 N–H and O–H groups in total. The first-order valence-electron chi connectivity index (χ1n) is 13.4. The summed E-state index contributed by atoms with van der Waals surface area (Å²) in [5.74, 6) is -1.25. The Morgan fingerprint density at radius 2 is 1.86 bits per heavy atom. The van der Waals surface area contributed by atoms with Crippen LogP contribution in [0.15, 0.2) is 65.5 Å². The number of ether oxygens (including phenoxy) is 1. The Hall–Kier alpha value is -4.97. The first kappa shape index (κ1) is 30.0. The van der Waals surface area contributed by atoms with Gasteiger partial charge in [-0.3, -0.25) is 15.2 Å². The molecular formula is C30H35FN8O3. The molecular weight excluding hydrogens is 539 g/mol. The third kappa shape index (κ3) is 6.66. The van der Waals surface area contributed by atoms with E-state index in [1.807, 2.05) is 32.8 Å². The summed E-state index contributed by atoms with van der Waals surface area (Å²) >= 11 is 0. The number of carbonyl (C=O) groups is 1. The fraction of sp³-hybridized carbons (Fsp3) is 0.267. The summed E-state index contributed by atoms with van der Waals surface area (Å²) in [6.45, 7) is 4.38. The second-order valence-electron chi connectivity index (χ2n) is 10.2. The van der Waals surface area contributed by atoms with Crippen LogP contribution < -0.4 is 27.2 Å². The molecule has 0 fully saturated rings. The van der Waals surface area contributed by atoms with Crippen molar-refractivity contribution in [3.8, 4) is 11.4 Å². The maximum atomic E-state index is 16.3. The van der Waals surface area contributed by atoms with E-state index in [0.717, 1.165) is 10.2 Å². The van der Waals surface area contributed by atoms with E-state index in [2.05, 4.69) is 15.4 Å². The number of primary amides is 1. The van der Waals surface area contributed by atoms with E-state index < -0.39 is 23.5 Å². The van der Waals surface area contributed by atoms with Gasteiger partial charge in [0.15, 0.2) is 17.4 Å². The smallest absolute Gasteiger partial charge is 0.348 e. The van der Waals surface area contributed by atoms with Crippen molar-refractivity contribution in [3.05, 3.63) is 105 Å². The summed E-state index contributed by atoms with van der Waals surface area (Å²) in [7, 11) is 3.81. The van der Waals surface area contributed by atoms with Gasteiger partial charge in [-0.15, -0.1) is 5.10 Å². The van der Waals surface area contributed by atoms with Crippen molar-refractivity contribution in [1.29, 1.82) is 5.41 Å². The highest BCUT2D eigenvalue weighted by Gasteiger charge is 2.27. The molecule has 1 heterocycles. The SMILES string of the molecule is CCc1cc(OC(C)CN(C)C)c(F)c(C(Nc2ccc(C(=N)N)cc2)c2nn(-c3ccccc3C(N)=O)c(=O)[nH]2)c1. The van der Waals surface area contributed by atoms with Crippen molar-refractivity contribution in [2.75, 3.05) is 26.0 Å². The maximum absolute atomic E-state index is 16.3. The van der Waals surface area contributed by atoms with Gasteiger partial charge in [0.1, 0.15) is 18.0 Å². The zero-order valence-corrected chi connectivity index (χ0v) is 23.9. The zero-order chi connectivity index (χ0) is 30.6. The topological polar surface area (TPSA) is 168 Å². The Kier molecular flexibility index (Phi) is 9.06. The monoisotopic (exact) mass is 574 g/mol. The van der Waals surface area contributed by atoms with Crippen molar-refractivity contribution >= 4 is 17.4 Å². The van der Waals surface area contributed by atoms with Crippen LogP contribution in [-0.4, -0.2) is 58.2 Å². The van der Waals surface area contributed by atoms with Crippen LogP contribution in [0.5, 0.6) is 5.75 Å². The predicted octanol–water partition coefficient (Wildman–Crippen LogP) is 3.18. The highest BCUT2D eigenvalue weighted by Crippen LogP contribution is 2.33. The van der Waals surface area contributed by atoms with Crippen LogP contribution >= 0.6 is 0 Å². The van der Waals surface area contributed by atoms with Crippen LogP contribution in [0.4, 0.5) is 10.1 Å². The molecule has 42 heavy (non-hydrogen) atoms. The van der Waals surface area contributed by atoms with Crippen LogP contribution in [0.1, 0.15) is 52.8 Å². The number of likely N-dealkylation sites (N-methyl/N-ethyl adjacent to an activating group) is 1. The third-order valence-electron chi connectivity index (χ3n) is 6.61. The Balaban J connectivity index is 1.87. The van der Waals surface area contributed by atoms with Crippen molar-refractivity contribution < 1.29 is 13.9 Å². The van der Waals surface area contributed by atoms with Gasteiger partial charge in [0.25, 0.3) is 5.91 Å². The molecule has 0 bridgehead atoms. The highest BCUT2D eigenvalue weighted by atomic mass is 19.1. The Morgan fingerprint density at radius 3 is 2.48 bits per heavy atom. The van der Waals surface area contributed by atoms with Gasteiger partial charge in [0, 0.05) is 23.4 Å². The molecule has 0 aliphatic rings. The van der Waals surface area contributed by atoms with Gasteiger partial charge in [-0.25, -0.2) is 9.18 Å². The molecule has 1 aromatic heterocycles. The Labute approximate surface area is 242 Å². The third-order valence-corrected chi connectivity index (χ3v) is 6.61. The number of amides is 1. The largest absolute Gasteiger partial charge is 0.486 e. The summed E-state index contributed by atoms with van der Waals surface area (Å²) in [6, 6.07) is 15.4. The van der Waals surface area contributed by atoms with Crippen LogP contribution in [-0.2, 0) is 6.42 Å². The highest BCUT2D eigenvalue weighted by molar-refractivity contribution is 5.96. The van der Waals surface area contributed by atoms with Gasteiger partial charge in [-0.05, 0) is 75.5 Å². The number of carbonyl (C=O) groups excluding carboxylic acids is 1. The molecule has 0 spiro atoms. The number of hydrogen-bond donors (Lipinski definition) is 5. The van der Waals surface area contributed by atoms with Crippen molar-refractivity contribution in [1.82, 2.24) is 19.7 Å². The van der Waals surface area contributed by atoms with E-state index in [4.69, 9.17) is 21.6 Å². The summed E-state index contributed by atoms with van der Waals surface area (Å²) in [5.41, 5.74) is 12.9. The summed E-state index contributed by atoms with van der Waals surface area (Å²) in [4.78, 5) is 29.9. The zero-order valence-electron chi connectivity index (χ0n) is 23.9. The second kappa shape index (κ2) is 12.7. The number of benzene rings is 3. The molecule has 2 atom stereocenters. The lowest BCUT2D eigenvalue weighted by atomic mass is 10.00. The van der Waals surface area contributed by atoms with E-state index >= 15 is 4.39 Å². The van der Waals surface area contributed by atoms with E-state index in [0.29, 0.717) is 24.2 Å². The number of nitrogen functional groups attached to an aromatic ring is 1. The molecule has 2 unspecified atom stereocenters. The second-order valence-corrected chi connectivity index (χ2v) is 10.2. The van der Waals surface area contributed by atoms with E-state index in [-0.39, 0.29) is 40.3 Å². The number of hydrogen-bond acceptors (Lipinski definition) is 7. The molecule has 0 aliphatic heterocycles. The van der Waals surface area contributed by atoms with Crippen LogP contribution in [0.2, 0.25) is 0 Å². The number of amidine groups is 1. The van der Waals surface area contributed by atoms with Crippen LogP contribution in [0.3, 0.4) is 0 Å². The molecule has 12 heteroatoms. The van der Waals surface area contributed by atoms with Crippen LogP contribution in [0.25, 0.3) is 5.69 Å². The van der Waals surface area contributed by atoms with Gasteiger partial charge in [-0.1, -0.05) is 25.1 Å². The van der Waals surface area contributed by atoms with Gasteiger partial charge >= 0.3 is 5.69 Å². The molecule has 3 aromatic carbocycles. The number of aryl methyl sites for hydroxylation is 1. The molecule has 4 aromatic rings. The lowest BCUT2D eigenvalue weighted by molar-refractivity contribution is 0.1000. The number of nitrogens with one attached hydrogen (secondary N) is 3. The van der Waals surface area contributed by atoms with E-state index in [1.165, 1.54) is 6.07 Å². The molecule has 11 nitrogen and oxygen atoms in total. The van der Waals surface area contributed by atoms with Gasteiger partial charge in [0.2, 0.25) is 0 Å². The minimum absolute atomic E-state index is 0.0817. The Bertz CT molecular complexity index is 1650. The first-order valence-corrected chi connectivity index (χ1v) is 13.4. The number of H-pyrrole nitrogens is 1. The number of nitrogens with two attached hydrogens (primary N) is 2. The normalized spacial score (nSPS) is 12.6. The lowest BCUT2D eigenvalue weighted by Crippen LogP contribution is -2.28. The molecule has 0 radical (unpaired) electrons. The van der Waals surface area contributed by atoms with Crippen LogP contribution in [0, 0.1) is 11.2 Å². The Morgan fingerprint density at radius 1 is 1.17 bits per heavy atom. The van der Waals surface area contributed by atoms with Crippen molar-refractivity contribution in [2.24, 2.45) is 11.5 Å². The number of para-hydroxylation sites is 1. The molecule has 1 amide bonds. The first-order chi connectivity index (χ1) is 20.0. The fourth-order valence-corrected chi connectivity index (χ4v) is 4.65. The molecule has 0 saturated carbocycles. The number of halogens is 1. The minimum atomic E-state index is -0.985. The minimum Gasteiger partial charge on any atom is -0.486 e. The molecule has 0 saturated heterocycles.